The normalized spacial score (nSPS) is 13.9. The van der Waals surface area contributed by atoms with E-state index < -0.39 is 16.7 Å². The molecule has 0 unspecified atom stereocenters. The fourth-order valence-electron chi connectivity index (χ4n) is 2.73. The van der Waals surface area contributed by atoms with E-state index in [0.29, 0.717) is 0 Å². The number of carbonyl (C=O) groups is 3. The van der Waals surface area contributed by atoms with Gasteiger partial charge in [0.2, 0.25) is 0 Å². The molecule has 0 radical (unpaired) electrons. The number of carbonyl (C=O) groups excluding carboxylic acids is 3. The molecular weight excluding hydrogens is 392 g/mol. The average molecular weight is 407 g/mol. The van der Waals surface area contributed by atoms with E-state index in [4.69, 9.17) is 16.0 Å². The quantitative estimate of drug-likeness (QED) is 0.470. The number of rotatable bonds is 3. The second-order valence-corrected chi connectivity index (χ2v) is 6.35. The summed E-state index contributed by atoms with van der Waals surface area (Å²) in [6.45, 7) is 0.870. The van der Waals surface area contributed by atoms with Crippen molar-refractivity contribution in [2.24, 2.45) is 0 Å². The van der Waals surface area contributed by atoms with Gasteiger partial charge in [0.1, 0.15) is 5.02 Å². The zero-order valence-electron chi connectivity index (χ0n) is 14.5. The zero-order valence-corrected chi connectivity index (χ0v) is 15.2. The lowest BCUT2D eigenvalue weighted by atomic mass is 10.2. The minimum absolute atomic E-state index is 0.0772. The third-order valence-electron chi connectivity index (χ3n) is 4.18. The van der Waals surface area contributed by atoms with Crippen LogP contribution >= 0.6 is 11.6 Å². The topological polar surface area (TPSA) is 126 Å². The van der Waals surface area contributed by atoms with Crippen molar-refractivity contribution in [2.75, 3.05) is 31.5 Å². The largest absolute Gasteiger partial charge is 0.459 e. The molecule has 1 aliphatic heterocycles. The number of furan rings is 1. The highest BCUT2D eigenvalue weighted by atomic mass is 35.5. The minimum Gasteiger partial charge on any atom is -0.459 e. The summed E-state index contributed by atoms with van der Waals surface area (Å²) >= 11 is 5.72. The van der Waals surface area contributed by atoms with Gasteiger partial charge >= 0.3 is 11.8 Å². The van der Waals surface area contributed by atoms with Gasteiger partial charge in [0, 0.05) is 37.9 Å². The molecule has 28 heavy (non-hydrogen) atoms. The maximum atomic E-state index is 12.3. The second kappa shape index (κ2) is 8.09. The van der Waals surface area contributed by atoms with Crippen molar-refractivity contribution in [1.82, 2.24) is 9.80 Å². The molecular formula is C17H15ClN4O6. The van der Waals surface area contributed by atoms with Crippen molar-refractivity contribution >= 4 is 40.7 Å². The van der Waals surface area contributed by atoms with Crippen LogP contribution in [0.5, 0.6) is 0 Å². The molecule has 3 amide bonds. The summed E-state index contributed by atoms with van der Waals surface area (Å²) in [6, 6.07) is 6.86. The Balaban J connectivity index is 1.58. The van der Waals surface area contributed by atoms with E-state index in [1.165, 1.54) is 28.2 Å². The second-order valence-electron chi connectivity index (χ2n) is 5.94. The van der Waals surface area contributed by atoms with Crippen LogP contribution in [0.15, 0.2) is 41.0 Å². The molecule has 11 heteroatoms. The number of hydrogen-bond acceptors (Lipinski definition) is 6. The Hall–Kier alpha value is -3.40. The van der Waals surface area contributed by atoms with Crippen LogP contribution in [-0.2, 0) is 9.59 Å². The molecule has 0 spiro atoms. The zero-order chi connectivity index (χ0) is 20.3. The van der Waals surface area contributed by atoms with Gasteiger partial charge in [-0.05, 0) is 24.3 Å². The van der Waals surface area contributed by atoms with E-state index in [1.54, 1.807) is 12.1 Å². The Labute approximate surface area is 163 Å². The summed E-state index contributed by atoms with van der Waals surface area (Å²) in [4.78, 5) is 49.8. The van der Waals surface area contributed by atoms with Crippen molar-refractivity contribution in [3.05, 3.63) is 57.5 Å². The summed E-state index contributed by atoms with van der Waals surface area (Å²) < 4.78 is 5.07. The molecule has 0 aliphatic carbocycles. The van der Waals surface area contributed by atoms with Crippen LogP contribution in [0.25, 0.3) is 0 Å². The maximum absolute atomic E-state index is 12.3. The van der Waals surface area contributed by atoms with Crippen LogP contribution in [-0.4, -0.2) is 58.6 Å². The van der Waals surface area contributed by atoms with Crippen LogP contribution in [0.1, 0.15) is 10.6 Å². The SMILES string of the molecule is O=C(Nc1ccc(Cl)c([N+](=O)[O-])c1)C(=O)N1CCN(C(=O)c2ccco2)CC1. The standard InChI is InChI=1S/C17H15ClN4O6/c18-12-4-3-11(10-13(12)22(26)27)19-15(23)17(25)21-7-5-20(6-8-21)16(24)14-2-1-9-28-14/h1-4,9-10H,5-8H2,(H,19,23). The molecule has 1 N–H and O–H groups in total. The van der Waals surface area contributed by atoms with Crippen molar-refractivity contribution in [3.8, 4) is 0 Å². The maximum Gasteiger partial charge on any atom is 0.313 e. The predicted molar refractivity (Wildman–Crippen MR) is 97.9 cm³/mol. The smallest absolute Gasteiger partial charge is 0.313 e. The molecule has 146 valence electrons. The van der Waals surface area contributed by atoms with Crippen molar-refractivity contribution < 1.29 is 23.7 Å². The molecule has 0 saturated carbocycles. The molecule has 2 aromatic rings. The number of hydrogen-bond donors (Lipinski definition) is 1. The first-order valence-electron chi connectivity index (χ1n) is 8.24. The van der Waals surface area contributed by atoms with Gasteiger partial charge in [-0.3, -0.25) is 24.5 Å². The fraction of sp³-hybridized carbons (Fsp3) is 0.235. The van der Waals surface area contributed by atoms with Gasteiger partial charge in [-0.2, -0.15) is 0 Å². The number of piperazine rings is 1. The van der Waals surface area contributed by atoms with E-state index in [2.05, 4.69) is 5.32 Å². The molecule has 0 bridgehead atoms. The van der Waals surface area contributed by atoms with E-state index in [9.17, 15) is 24.5 Å². The highest BCUT2D eigenvalue weighted by Crippen LogP contribution is 2.27. The van der Waals surface area contributed by atoms with Crippen LogP contribution in [0.2, 0.25) is 5.02 Å². The van der Waals surface area contributed by atoms with Crippen LogP contribution in [0.4, 0.5) is 11.4 Å². The van der Waals surface area contributed by atoms with Gasteiger partial charge in [0.15, 0.2) is 5.76 Å². The Bertz CT molecular complexity index is 922. The van der Waals surface area contributed by atoms with Crippen molar-refractivity contribution in [2.45, 2.75) is 0 Å². The Morgan fingerprint density at radius 2 is 1.79 bits per heavy atom. The first-order chi connectivity index (χ1) is 13.4. The molecule has 1 aromatic carbocycles. The third kappa shape index (κ3) is 4.12. The number of benzene rings is 1. The molecule has 1 aromatic heterocycles. The first-order valence-corrected chi connectivity index (χ1v) is 8.61. The summed E-state index contributed by atoms with van der Waals surface area (Å²) in [5.74, 6) is -1.79. The van der Waals surface area contributed by atoms with E-state index in [-0.39, 0.29) is 54.2 Å². The van der Waals surface area contributed by atoms with Crippen LogP contribution in [0.3, 0.4) is 0 Å². The monoisotopic (exact) mass is 406 g/mol. The fourth-order valence-corrected chi connectivity index (χ4v) is 2.91. The van der Waals surface area contributed by atoms with Gasteiger partial charge in [0.05, 0.1) is 11.2 Å². The third-order valence-corrected chi connectivity index (χ3v) is 4.50. The number of nitrogens with zero attached hydrogens (tertiary/aromatic N) is 3. The van der Waals surface area contributed by atoms with Crippen molar-refractivity contribution in [1.29, 1.82) is 0 Å². The summed E-state index contributed by atoms with van der Waals surface area (Å²) in [5, 5.41) is 13.2. The minimum atomic E-state index is -0.928. The van der Waals surface area contributed by atoms with Gasteiger partial charge in [-0.25, -0.2) is 0 Å². The van der Waals surface area contributed by atoms with Gasteiger partial charge in [0.25, 0.3) is 11.6 Å². The number of halogens is 1. The van der Waals surface area contributed by atoms with Crippen LogP contribution in [0, 0.1) is 10.1 Å². The lowest BCUT2D eigenvalue weighted by Crippen LogP contribution is -2.52. The molecule has 1 fully saturated rings. The summed E-state index contributed by atoms with van der Waals surface area (Å²) in [6.07, 6.45) is 1.40. The Morgan fingerprint density at radius 1 is 1.11 bits per heavy atom. The van der Waals surface area contributed by atoms with Gasteiger partial charge in [-0.1, -0.05) is 11.6 Å². The van der Waals surface area contributed by atoms with E-state index >= 15 is 0 Å². The lowest BCUT2D eigenvalue weighted by Gasteiger charge is -2.33. The molecule has 0 atom stereocenters. The van der Waals surface area contributed by atoms with Crippen LogP contribution < -0.4 is 5.32 Å². The predicted octanol–water partition coefficient (Wildman–Crippen LogP) is 1.76. The van der Waals surface area contributed by atoms with Gasteiger partial charge < -0.3 is 19.5 Å². The number of anilines is 1. The van der Waals surface area contributed by atoms with Crippen molar-refractivity contribution in [3.63, 3.8) is 0 Å². The van der Waals surface area contributed by atoms with E-state index in [0.717, 1.165) is 6.07 Å². The summed E-state index contributed by atoms with van der Waals surface area (Å²) in [5.41, 5.74) is -0.293. The first kappa shape index (κ1) is 19.4. The highest BCUT2D eigenvalue weighted by molar-refractivity contribution is 6.39. The lowest BCUT2D eigenvalue weighted by molar-refractivity contribution is -0.384. The number of amides is 3. The molecule has 10 nitrogen and oxygen atoms in total. The highest BCUT2D eigenvalue weighted by Gasteiger charge is 2.29. The Kier molecular flexibility index (Phi) is 5.59. The number of nitro benzene ring substituents is 1. The molecule has 3 rings (SSSR count). The molecule has 1 aliphatic rings. The average Bonchev–Trinajstić information content (AvgIpc) is 3.23. The molecule has 1 saturated heterocycles. The summed E-state index contributed by atoms with van der Waals surface area (Å²) in [7, 11) is 0. The number of nitrogens with one attached hydrogen (secondary N) is 1. The number of nitro groups is 1. The Morgan fingerprint density at radius 3 is 2.39 bits per heavy atom. The van der Waals surface area contributed by atoms with Gasteiger partial charge in [-0.15, -0.1) is 0 Å². The molecule has 2 heterocycles. The van der Waals surface area contributed by atoms with E-state index in [1.807, 2.05) is 0 Å².